The van der Waals surface area contributed by atoms with Gasteiger partial charge in [-0.15, -0.1) is 0 Å². The largest absolute Gasteiger partial charge is 0.492 e. The van der Waals surface area contributed by atoms with Crippen LogP contribution in [0.5, 0.6) is 11.5 Å². The van der Waals surface area contributed by atoms with Crippen molar-refractivity contribution < 1.29 is 19.5 Å². The highest BCUT2D eigenvalue weighted by Gasteiger charge is 2.27. The first-order valence-electron chi connectivity index (χ1n) is 3.65. The number of methoxy groups -OCH3 is 2. The number of ether oxygens (including phenoxy) is 2. The molecule has 2 aliphatic rings. The van der Waals surface area contributed by atoms with Crippen molar-refractivity contribution in [2.24, 2.45) is 0 Å². The Morgan fingerprint density at radius 2 is 1.31 bits per heavy atom. The zero-order valence-electron chi connectivity index (χ0n) is 7.44. The van der Waals surface area contributed by atoms with E-state index in [1.54, 1.807) is 14.2 Å². The van der Waals surface area contributed by atoms with Gasteiger partial charge in [0.15, 0.2) is 11.5 Å². The summed E-state index contributed by atoms with van der Waals surface area (Å²) in [6.07, 6.45) is 0. The molecule has 69 valence electrons. The molecule has 2 rings (SSSR count). The molecule has 13 heavy (non-hydrogen) atoms. The predicted octanol–water partition coefficient (Wildman–Crippen LogP) is 0.189. The zero-order chi connectivity index (χ0) is 9.84. The lowest BCUT2D eigenvalue weighted by molar-refractivity contribution is 0.349. The van der Waals surface area contributed by atoms with Gasteiger partial charge in [-0.05, 0) is 12.1 Å². The SMILES string of the molecule is COc1c2ccc-2c1OC.O[B]O. The van der Waals surface area contributed by atoms with Gasteiger partial charge in [-0.1, -0.05) is 0 Å². The maximum Gasteiger partial charge on any atom is 0.482 e. The van der Waals surface area contributed by atoms with Gasteiger partial charge in [-0.2, -0.15) is 0 Å². The van der Waals surface area contributed by atoms with Crippen LogP contribution in [0, 0.1) is 0 Å². The lowest BCUT2D eigenvalue weighted by atomic mass is 9.90. The summed E-state index contributed by atoms with van der Waals surface area (Å²) in [5, 5.41) is 14.0. The predicted molar refractivity (Wildman–Crippen MR) is 48.7 cm³/mol. The molecule has 2 N–H and O–H groups in total. The van der Waals surface area contributed by atoms with Crippen LogP contribution in [0.15, 0.2) is 12.1 Å². The van der Waals surface area contributed by atoms with E-state index < -0.39 is 0 Å². The molecular weight excluding hydrogens is 171 g/mol. The fourth-order valence-corrected chi connectivity index (χ4v) is 1.23. The molecule has 0 spiro atoms. The van der Waals surface area contributed by atoms with Crippen molar-refractivity contribution in [3.63, 3.8) is 0 Å². The van der Waals surface area contributed by atoms with Gasteiger partial charge in [0.05, 0.1) is 14.2 Å². The van der Waals surface area contributed by atoms with E-state index >= 15 is 0 Å². The van der Waals surface area contributed by atoms with Gasteiger partial charge in [0.2, 0.25) is 0 Å². The van der Waals surface area contributed by atoms with Crippen molar-refractivity contribution in [1.29, 1.82) is 0 Å². The molecule has 0 unspecified atom stereocenters. The Bertz CT molecular complexity index is 271. The van der Waals surface area contributed by atoms with E-state index in [0.29, 0.717) is 0 Å². The van der Waals surface area contributed by atoms with Crippen LogP contribution in [0.2, 0.25) is 0 Å². The third kappa shape index (κ3) is 1.48. The summed E-state index contributed by atoms with van der Waals surface area (Å²) in [6.45, 7) is 0. The van der Waals surface area contributed by atoms with E-state index in [2.05, 4.69) is 0 Å². The molecule has 2 aliphatic carbocycles. The molecular formula is C8H10BO4. The summed E-state index contributed by atoms with van der Waals surface area (Å²) in [7, 11) is 3.31. The van der Waals surface area contributed by atoms with Crippen LogP contribution < -0.4 is 9.47 Å². The number of hydrogen-bond donors (Lipinski definition) is 2. The fraction of sp³-hybridized carbons (Fsp3) is 0.250. The van der Waals surface area contributed by atoms with Crippen LogP contribution in [0.1, 0.15) is 0 Å². The molecule has 0 aromatic heterocycles. The Morgan fingerprint density at radius 1 is 1.00 bits per heavy atom. The van der Waals surface area contributed by atoms with E-state index in [0.717, 1.165) is 11.5 Å². The third-order valence-electron chi connectivity index (χ3n) is 1.81. The van der Waals surface area contributed by atoms with Crippen molar-refractivity contribution in [1.82, 2.24) is 0 Å². The third-order valence-corrected chi connectivity index (χ3v) is 1.81. The van der Waals surface area contributed by atoms with Gasteiger partial charge in [0, 0.05) is 11.1 Å². The van der Waals surface area contributed by atoms with Crippen LogP contribution in [0.3, 0.4) is 0 Å². The average Bonchev–Trinajstić information content (AvgIpc) is 2.09. The standard InChI is InChI=1S/C8H8O2.BH2O2/c1-9-7-5-3-4-6(5)8(7)10-2;2-1-3/h3-4H,1-2H3;2-3H. The maximum absolute atomic E-state index is 7.00. The van der Waals surface area contributed by atoms with Crippen LogP contribution in [-0.2, 0) is 0 Å². The summed E-state index contributed by atoms with van der Waals surface area (Å²) in [6, 6.07) is 4.05. The van der Waals surface area contributed by atoms with Crippen molar-refractivity contribution in [3.8, 4) is 22.6 Å². The van der Waals surface area contributed by atoms with Crippen molar-refractivity contribution >= 4 is 7.69 Å². The molecule has 0 bridgehead atoms. The molecule has 0 atom stereocenters. The molecule has 0 saturated heterocycles. The smallest absolute Gasteiger partial charge is 0.482 e. The Morgan fingerprint density at radius 3 is 1.46 bits per heavy atom. The second-order valence-electron chi connectivity index (χ2n) is 2.34. The van der Waals surface area contributed by atoms with Gasteiger partial charge < -0.3 is 19.5 Å². The minimum Gasteiger partial charge on any atom is -0.492 e. The first-order chi connectivity index (χ1) is 6.29. The topological polar surface area (TPSA) is 58.9 Å². The highest BCUT2D eigenvalue weighted by atomic mass is 16.5. The van der Waals surface area contributed by atoms with Gasteiger partial charge in [-0.3, -0.25) is 0 Å². The van der Waals surface area contributed by atoms with Gasteiger partial charge in [0.25, 0.3) is 0 Å². The van der Waals surface area contributed by atoms with Gasteiger partial charge in [-0.25, -0.2) is 0 Å². The van der Waals surface area contributed by atoms with E-state index in [-0.39, 0.29) is 7.69 Å². The van der Waals surface area contributed by atoms with Crippen LogP contribution in [-0.4, -0.2) is 32.0 Å². The minimum atomic E-state index is 0. The summed E-state index contributed by atoms with van der Waals surface area (Å²) >= 11 is 0. The Hall–Kier alpha value is -1.20. The maximum atomic E-state index is 7.00. The molecule has 0 saturated carbocycles. The molecule has 0 aromatic rings. The lowest BCUT2D eigenvalue weighted by Gasteiger charge is -2.24. The van der Waals surface area contributed by atoms with Gasteiger partial charge >= 0.3 is 7.69 Å². The average molecular weight is 181 g/mol. The second kappa shape index (κ2) is 4.16. The fourth-order valence-electron chi connectivity index (χ4n) is 1.23. The molecule has 0 aliphatic heterocycles. The highest BCUT2D eigenvalue weighted by Crippen LogP contribution is 2.54. The number of rotatable bonds is 2. The molecule has 0 amide bonds. The van der Waals surface area contributed by atoms with Crippen LogP contribution in [0.4, 0.5) is 0 Å². The number of benzene rings is 1. The van der Waals surface area contributed by atoms with Crippen LogP contribution >= 0.6 is 0 Å². The minimum absolute atomic E-state index is 0. The summed E-state index contributed by atoms with van der Waals surface area (Å²) in [4.78, 5) is 0. The monoisotopic (exact) mass is 181 g/mol. The first-order valence-corrected chi connectivity index (χ1v) is 3.65. The van der Waals surface area contributed by atoms with Gasteiger partial charge in [0.1, 0.15) is 0 Å². The van der Waals surface area contributed by atoms with Crippen LogP contribution in [0.25, 0.3) is 11.1 Å². The lowest BCUT2D eigenvalue weighted by Crippen LogP contribution is -2.03. The second-order valence-corrected chi connectivity index (χ2v) is 2.34. The molecule has 4 nitrogen and oxygen atoms in total. The zero-order valence-corrected chi connectivity index (χ0v) is 7.44. The van der Waals surface area contributed by atoms with E-state index in [1.807, 2.05) is 12.1 Å². The van der Waals surface area contributed by atoms with Crippen molar-refractivity contribution in [3.05, 3.63) is 12.1 Å². The number of hydrogen-bond acceptors (Lipinski definition) is 4. The first kappa shape index (κ1) is 9.89. The molecule has 1 radical (unpaired) electrons. The summed E-state index contributed by atoms with van der Waals surface area (Å²) < 4.78 is 10.1. The summed E-state index contributed by atoms with van der Waals surface area (Å²) in [5.74, 6) is 1.78. The summed E-state index contributed by atoms with van der Waals surface area (Å²) in [5.41, 5.74) is 2.39. The molecule has 0 aromatic carbocycles. The number of fused-ring (bicyclic) bond motifs is 1. The quantitative estimate of drug-likeness (QED) is 0.649. The van der Waals surface area contributed by atoms with E-state index in [9.17, 15) is 0 Å². The Balaban J connectivity index is 0.000000251. The van der Waals surface area contributed by atoms with Crippen molar-refractivity contribution in [2.75, 3.05) is 14.2 Å². The van der Waals surface area contributed by atoms with E-state index in [1.165, 1.54) is 11.1 Å². The highest BCUT2D eigenvalue weighted by molar-refractivity contribution is 6.13. The Labute approximate surface area is 77.0 Å². The molecule has 0 fully saturated rings. The van der Waals surface area contributed by atoms with Crippen molar-refractivity contribution in [2.45, 2.75) is 0 Å². The Kier molecular flexibility index (Phi) is 3.16. The van der Waals surface area contributed by atoms with E-state index in [4.69, 9.17) is 19.5 Å². The normalized spacial score (nSPS) is 9.54. The molecule has 0 heterocycles. The molecule has 5 heteroatoms.